The SMILES string of the molecule is CC(Sc1ccc2c(c1)OCCO2)C(=O)Nc1cc(Cl)ccc1Cl. The summed E-state index contributed by atoms with van der Waals surface area (Å²) < 4.78 is 11.1. The summed E-state index contributed by atoms with van der Waals surface area (Å²) in [6.07, 6.45) is 0. The van der Waals surface area contributed by atoms with Crippen LogP contribution in [-0.4, -0.2) is 24.4 Å². The summed E-state index contributed by atoms with van der Waals surface area (Å²) in [5.41, 5.74) is 0.504. The molecule has 1 atom stereocenters. The van der Waals surface area contributed by atoms with Gasteiger partial charge in [-0.15, -0.1) is 11.8 Å². The van der Waals surface area contributed by atoms with E-state index in [0.29, 0.717) is 34.7 Å². The first-order chi connectivity index (χ1) is 11.5. The standard InChI is InChI=1S/C17H15Cl2NO3S/c1-10(17(21)20-14-8-11(18)2-4-13(14)19)24-12-3-5-15-16(9-12)23-7-6-22-15/h2-5,8-10H,6-7H2,1H3,(H,20,21). The second-order valence-corrected chi connectivity index (χ2v) is 7.44. The van der Waals surface area contributed by atoms with E-state index in [2.05, 4.69) is 5.32 Å². The van der Waals surface area contributed by atoms with Gasteiger partial charge in [0, 0.05) is 9.92 Å². The minimum atomic E-state index is -0.317. The first kappa shape index (κ1) is 17.3. The summed E-state index contributed by atoms with van der Waals surface area (Å²) in [5.74, 6) is 1.28. The maximum absolute atomic E-state index is 12.4. The van der Waals surface area contributed by atoms with Gasteiger partial charge in [-0.1, -0.05) is 23.2 Å². The van der Waals surface area contributed by atoms with Gasteiger partial charge in [-0.05, 0) is 43.3 Å². The molecule has 126 valence electrons. The Morgan fingerprint density at radius 1 is 1.12 bits per heavy atom. The fourth-order valence-electron chi connectivity index (χ4n) is 2.18. The van der Waals surface area contributed by atoms with E-state index in [9.17, 15) is 4.79 Å². The number of amides is 1. The number of nitrogens with one attached hydrogen (secondary N) is 1. The Morgan fingerprint density at radius 2 is 1.88 bits per heavy atom. The van der Waals surface area contributed by atoms with Gasteiger partial charge in [0.1, 0.15) is 13.2 Å². The van der Waals surface area contributed by atoms with E-state index in [4.69, 9.17) is 32.7 Å². The number of hydrogen-bond acceptors (Lipinski definition) is 4. The maximum Gasteiger partial charge on any atom is 0.237 e. The maximum atomic E-state index is 12.4. The van der Waals surface area contributed by atoms with Crippen LogP contribution in [0.3, 0.4) is 0 Å². The Morgan fingerprint density at radius 3 is 2.67 bits per heavy atom. The first-order valence-electron chi connectivity index (χ1n) is 7.35. The lowest BCUT2D eigenvalue weighted by atomic mass is 10.3. The third-order valence-corrected chi connectivity index (χ3v) is 5.04. The summed E-state index contributed by atoms with van der Waals surface area (Å²) in [5, 5.41) is 3.45. The number of fused-ring (bicyclic) bond motifs is 1. The molecule has 2 aromatic carbocycles. The molecular weight excluding hydrogens is 369 g/mol. The zero-order valence-electron chi connectivity index (χ0n) is 12.8. The van der Waals surface area contributed by atoms with Gasteiger partial charge in [0.05, 0.1) is 16.0 Å². The van der Waals surface area contributed by atoms with Crippen LogP contribution in [0.2, 0.25) is 10.0 Å². The molecule has 0 fully saturated rings. The van der Waals surface area contributed by atoms with Crippen molar-refractivity contribution in [3.8, 4) is 11.5 Å². The number of benzene rings is 2. The van der Waals surface area contributed by atoms with Crippen LogP contribution in [0.5, 0.6) is 11.5 Å². The minimum Gasteiger partial charge on any atom is -0.486 e. The number of halogens is 2. The van der Waals surface area contributed by atoms with Crippen molar-refractivity contribution in [1.29, 1.82) is 0 Å². The van der Waals surface area contributed by atoms with E-state index in [0.717, 1.165) is 10.6 Å². The molecule has 3 rings (SSSR count). The zero-order chi connectivity index (χ0) is 17.1. The van der Waals surface area contributed by atoms with Crippen LogP contribution in [0.15, 0.2) is 41.3 Å². The predicted molar refractivity (Wildman–Crippen MR) is 97.8 cm³/mol. The molecule has 1 aliphatic rings. The van der Waals surface area contributed by atoms with Gasteiger partial charge < -0.3 is 14.8 Å². The monoisotopic (exact) mass is 383 g/mol. The molecule has 0 aromatic heterocycles. The van der Waals surface area contributed by atoms with Crippen LogP contribution in [0.1, 0.15) is 6.92 Å². The molecule has 0 radical (unpaired) electrons. The fourth-order valence-corrected chi connectivity index (χ4v) is 3.42. The molecule has 24 heavy (non-hydrogen) atoms. The zero-order valence-corrected chi connectivity index (χ0v) is 15.2. The minimum absolute atomic E-state index is 0.154. The molecule has 1 heterocycles. The van der Waals surface area contributed by atoms with E-state index < -0.39 is 0 Å². The highest BCUT2D eigenvalue weighted by Crippen LogP contribution is 2.36. The highest BCUT2D eigenvalue weighted by atomic mass is 35.5. The van der Waals surface area contributed by atoms with Gasteiger partial charge in [-0.25, -0.2) is 0 Å². The second-order valence-electron chi connectivity index (χ2n) is 5.18. The number of carbonyl (C=O) groups is 1. The molecule has 0 saturated heterocycles. The lowest BCUT2D eigenvalue weighted by Crippen LogP contribution is -2.22. The number of rotatable bonds is 4. The van der Waals surface area contributed by atoms with Crippen molar-refractivity contribution in [3.63, 3.8) is 0 Å². The second kappa shape index (κ2) is 7.55. The van der Waals surface area contributed by atoms with Gasteiger partial charge >= 0.3 is 0 Å². The van der Waals surface area contributed by atoms with Crippen LogP contribution in [0.25, 0.3) is 0 Å². The number of hydrogen-bond donors (Lipinski definition) is 1. The molecule has 1 unspecified atom stereocenters. The summed E-state index contributed by atoms with van der Waals surface area (Å²) in [6, 6.07) is 10.6. The summed E-state index contributed by atoms with van der Waals surface area (Å²) in [6.45, 7) is 2.92. The third kappa shape index (κ3) is 4.09. The average Bonchev–Trinajstić information content (AvgIpc) is 2.58. The van der Waals surface area contributed by atoms with Gasteiger partial charge in [-0.2, -0.15) is 0 Å². The van der Waals surface area contributed by atoms with Crippen molar-refractivity contribution in [3.05, 3.63) is 46.4 Å². The molecule has 0 spiro atoms. The molecule has 7 heteroatoms. The number of ether oxygens (including phenoxy) is 2. The van der Waals surface area contributed by atoms with Gasteiger partial charge in [0.2, 0.25) is 5.91 Å². The molecule has 1 N–H and O–H groups in total. The highest BCUT2D eigenvalue weighted by molar-refractivity contribution is 8.00. The number of thioether (sulfide) groups is 1. The highest BCUT2D eigenvalue weighted by Gasteiger charge is 2.18. The lowest BCUT2D eigenvalue weighted by molar-refractivity contribution is -0.115. The smallest absolute Gasteiger partial charge is 0.237 e. The fraction of sp³-hybridized carbons (Fsp3) is 0.235. The van der Waals surface area contributed by atoms with Gasteiger partial charge in [-0.3, -0.25) is 4.79 Å². The quantitative estimate of drug-likeness (QED) is 0.763. The molecule has 0 bridgehead atoms. The molecule has 4 nitrogen and oxygen atoms in total. The van der Waals surface area contributed by atoms with Crippen molar-refractivity contribution in [1.82, 2.24) is 0 Å². The number of anilines is 1. The Hall–Kier alpha value is -1.56. The molecule has 1 aliphatic heterocycles. The molecule has 1 amide bonds. The first-order valence-corrected chi connectivity index (χ1v) is 8.99. The molecular formula is C17H15Cl2NO3S. The Kier molecular flexibility index (Phi) is 5.43. The third-order valence-electron chi connectivity index (χ3n) is 3.38. The summed E-state index contributed by atoms with van der Waals surface area (Å²) in [4.78, 5) is 13.3. The molecule has 2 aromatic rings. The largest absolute Gasteiger partial charge is 0.486 e. The Bertz CT molecular complexity index is 769. The van der Waals surface area contributed by atoms with Crippen LogP contribution in [-0.2, 0) is 4.79 Å². The Balaban J connectivity index is 1.67. The molecule has 0 saturated carbocycles. The van der Waals surface area contributed by atoms with Crippen LogP contribution >= 0.6 is 35.0 Å². The van der Waals surface area contributed by atoms with Crippen molar-refractivity contribution < 1.29 is 14.3 Å². The average molecular weight is 384 g/mol. The van der Waals surface area contributed by atoms with Crippen molar-refractivity contribution >= 4 is 46.6 Å². The molecule has 0 aliphatic carbocycles. The van der Waals surface area contributed by atoms with Crippen molar-refractivity contribution in [2.45, 2.75) is 17.1 Å². The summed E-state index contributed by atoms with van der Waals surface area (Å²) >= 11 is 13.4. The summed E-state index contributed by atoms with van der Waals surface area (Å²) in [7, 11) is 0. The lowest BCUT2D eigenvalue weighted by Gasteiger charge is -2.19. The van der Waals surface area contributed by atoms with Gasteiger partial charge in [0.25, 0.3) is 0 Å². The van der Waals surface area contributed by atoms with E-state index >= 15 is 0 Å². The van der Waals surface area contributed by atoms with E-state index in [1.54, 1.807) is 18.2 Å². The van der Waals surface area contributed by atoms with E-state index in [1.165, 1.54) is 11.8 Å². The van der Waals surface area contributed by atoms with Crippen LogP contribution in [0.4, 0.5) is 5.69 Å². The topological polar surface area (TPSA) is 47.6 Å². The normalized spacial score (nSPS) is 14.1. The van der Waals surface area contributed by atoms with Crippen LogP contribution < -0.4 is 14.8 Å². The Labute approximate surface area is 154 Å². The predicted octanol–water partition coefficient (Wildman–Crippen LogP) is 4.88. The van der Waals surface area contributed by atoms with Gasteiger partial charge in [0.15, 0.2) is 11.5 Å². The van der Waals surface area contributed by atoms with Crippen LogP contribution in [0, 0.1) is 0 Å². The van der Waals surface area contributed by atoms with E-state index in [-0.39, 0.29) is 11.2 Å². The van der Waals surface area contributed by atoms with E-state index in [1.807, 2.05) is 25.1 Å². The number of carbonyl (C=O) groups excluding carboxylic acids is 1. The van der Waals surface area contributed by atoms with Crippen molar-refractivity contribution in [2.75, 3.05) is 18.5 Å². The van der Waals surface area contributed by atoms with Crippen molar-refractivity contribution in [2.24, 2.45) is 0 Å².